The van der Waals surface area contributed by atoms with Crippen LogP contribution in [0.2, 0.25) is 0 Å². The minimum Gasteiger partial charge on any atom is -0.294 e. The number of aromatic nitrogens is 1. The van der Waals surface area contributed by atoms with Crippen LogP contribution in [0.3, 0.4) is 0 Å². The molecule has 0 unspecified atom stereocenters. The Hall–Kier alpha value is -8.07. The molecule has 0 saturated heterocycles. The highest BCUT2D eigenvalue weighted by molar-refractivity contribution is 5.99. The number of hydrogen-bond acceptors (Lipinski definition) is 2. The van der Waals surface area contributed by atoms with Gasteiger partial charge in [0.2, 0.25) is 0 Å². The van der Waals surface area contributed by atoms with Crippen molar-refractivity contribution < 1.29 is 0 Å². The Kier molecular flexibility index (Phi) is 8.20. The first-order chi connectivity index (χ1) is 32.0. The van der Waals surface area contributed by atoms with Gasteiger partial charge in [-0.15, -0.1) is 0 Å². The molecule has 0 amide bonds. The second kappa shape index (κ2) is 14.2. The van der Waals surface area contributed by atoms with Crippen LogP contribution in [0, 0.1) is 0 Å². The monoisotopic (exact) mass is 828 g/mol. The van der Waals surface area contributed by atoms with Gasteiger partial charge in [-0.1, -0.05) is 202 Å². The standard InChI is InChI=1S/C63H44N2/c1-62(2)53-27-13-9-25-50(53)52-38-43(32-36-54(52)62)44-33-37-60(64-40-44)65(59-31-17-26-46(41-18-5-3-6-19-41)61(59)42-20-7-4-8-21-42)45-34-35-51-49-24-12-16-30-57(49)63(58(51)39-45)55-28-14-10-22-47(55)48-23-11-15-29-56(48)63/h3-40H,1-2H3. The van der Waals surface area contributed by atoms with Crippen LogP contribution in [0.15, 0.2) is 231 Å². The van der Waals surface area contributed by atoms with Gasteiger partial charge < -0.3 is 0 Å². The number of nitrogens with zero attached hydrogens (tertiary/aromatic N) is 2. The first-order valence-corrected chi connectivity index (χ1v) is 22.7. The van der Waals surface area contributed by atoms with Gasteiger partial charge in [-0.25, -0.2) is 4.98 Å². The van der Waals surface area contributed by atoms with E-state index >= 15 is 0 Å². The fourth-order valence-electron chi connectivity index (χ4n) is 11.7. The summed E-state index contributed by atoms with van der Waals surface area (Å²) in [6, 6.07) is 82.8. The highest BCUT2D eigenvalue weighted by Crippen LogP contribution is 2.63. The molecule has 1 spiro atoms. The van der Waals surface area contributed by atoms with E-state index in [4.69, 9.17) is 4.98 Å². The summed E-state index contributed by atoms with van der Waals surface area (Å²) in [5.41, 5.74) is 24.3. The van der Waals surface area contributed by atoms with Crippen LogP contribution < -0.4 is 4.90 Å². The number of anilines is 3. The van der Waals surface area contributed by atoms with Crippen molar-refractivity contribution in [1.29, 1.82) is 0 Å². The van der Waals surface area contributed by atoms with Crippen molar-refractivity contribution in [1.82, 2.24) is 4.98 Å². The van der Waals surface area contributed by atoms with Crippen LogP contribution in [0.5, 0.6) is 0 Å². The van der Waals surface area contributed by atoms with E-state index in [0.29, 0.717) is 0 Å². The lowest BCUT2D eigenvalue weighted by Crippen LogP contribution is -2.26. The average Bonchev–Trinajstić information content (AvgIpc) is 3.93. The molecule has 306 valence electrons. The van der Waals surface area contributed by atoms with E-state index < -0.39 is 5.41 Å². The Labute approximate surface area is 380 Å². The molecule has 13 rings (SSSR count). The molecule has 10 aromatic rings. The molecular weight excluding hydrogens is 785 g/mol. The molecule has 65 heavy (non-hydrogen) atoms. The SMILES string of the molecule is CC1(C)c2ccccc2-c2cc(-c3ccc(N(c4ccc5c(c4)C4(c6ccccc6-c6ccccc64)c4ccccc4-5)c4cccc(-c5ccccc5)c4-c4ccccc4)nc3)ccc21. The maximum absolute atomic E-state index is 5.43. The minimum atomic E-state index is -0.479. The lowest BCUT2D eigenvalue weighted by Gasteiger charge is -2.32. The number of rotatable bonds is 6. The highest BCUT2D eigenvalue weighted by atomic mass is 15.2. The Morgan fingerprint density at radius 1 is 0.338 bits per heavy atom. The van der Waals surface area contributed by atoms with Crippen LogP contribution in [-0.2, 0) is 10.8 Å². The van der Waals surface area contributed by atoms with Gasteiger partial charge in [-0.2, -0.15) is 0 Å². The molecule has 2 nitrogen and oxygen atoms in total. The van der Waals surface area contributed by atoms with Crippen LogP contribution in [0.25, 0.3) is 66.8 Å². The van der Waals surface area contributed by atoms with Gasteiger partial charge in [0, 0.05) is 28.4 Å². The summed E-state index contributed by atoms with van der Waals surface area (Å²) in [4.78, 5) is 7.82. The van der Waals surface area contributed by atoms with E-state index in [1.165, 1.54) is 77.9 Å². The zero-order valence-corrected chi connectivity index (χ0v) is 36.3. The third-order valence-electron chi connectivity index (χ3n) is 14.6. The summed E-state index contributed by atoms with van der Waals surface area (Å²) in [5, 5.41) is 0. The van der Waals surface area contributed by atoms with Gasteiger partial charge in [0.05, 0.1) is 11.1 Å². The van der Waals surface area contributed by atoms with E-state index in [9.17, 15) is 0 Å². The van der Waals surface area contributed by atoms with E-state index in [0.717, 1.165) is 39.4 Å². The number of pyridine rings is 1. The van der Waals surface area contributed by atoms with Crippen molar-refractivity contribution in [3.63, 3.8) is 0 Å². The van der Waals surface area contributed by atoms with E-state index in [-0.39, 0.29) is 5.41 Å². The smallest absolute Gasteiger partial charge is 0.137 e. The second-order valence-corrected chi connectivity index (χ2v) is 18.2. The molecule has 9 aromatic carbocycles. The van der Waals surface area contributed by atoms with Crippen molar-refractivity contribution in [2.45, 2.75) is 24.7 Å². The molecule has 0 saturated carbocycles. The third-order valence-corrected chi connectivity index (χ3v) is 14.6. The maximum Gasteiger partial charge on any atom is 0.137 e. The van der Waals surface area contributed by atoms with Crippen LogP contribution in [0.1, 0.15) is 47.2 Å². The lowest BCUT2D eigenvalue weighted by molar-refractivity contribution is 0.660. The van der Waals surface area contributed by atoms with Crippen molar-refractivity contribution in [2.24, 2.45) is 0 Å². The predicted octanol–water partition coefficient (Wildman–Crippen LogP) is 16.2. The summed E-state index contributed by atoms with van der Waals surface area (Å²) in [6.07, 6.45) is 2.06. The number of fused-ring (bicyclic) bond motifs is 13. The Bertz CT molecular complexity index is 3450. The molecular formula is C63H44N2. The van der Waals surface area contributed by atoms with Crippen LogP contribution in [0.4, 0.5) is 17.2 Å². The highest BCUT2D eigenvalue weighted by Gasteiger charge is 2.51. The van der Waals surface area contributed by atoms with Gasteiger partial charge in [0.1, 0.15) is 5.82 Å². The minimum absolute atomic E-state index is 0.0454. The van der Waals surface area contributed by atoms with Crippen molar-refractivity contribution in [3.8, 4) is 66.8 Å². The topological polar surface area (TPSA) is 16.1 Å². The van der Waals surface area contributed by atoms with E-state index in [1.54, 1.807) is 0 Å². The van der Waals surface area contributed by atoms with Gasteiger partial charge in [0.25, 0.3) is 0 Å². The van der Waals surface area contributed by atoms with Gasteiger partial charge in [-0.3, -0.25) is 4.90 Å². The molecule has 0 atom stereocenters. The predicted molar refractivity (Wildman–Crippen MR) is 269 cm³/mol. The molecule has 3 aliphatic rings. The normalized spacial score (nSPS) is 13.9. The first kappa shape index (κ1) is 37.5. The summed E-state index contributed by atoms with van der Waals surface area (Å²) in [7, 11) is 0. The summed E-state index contributed by atoms with van der Waals surface area (Å²) in [5.74, 6) is 0.848. The largest absolute Gasteiger partial charge is 0.294 e. The zero-order chi connectivity index (χ0) is 43.3. The zero-order valence-electron chi connectivity index (χ0n) is 36.3. The summed E-state index contributed by atoms with van der Waals surface area (Å²) < 4.78 is 0. The maximum atomic E-state index is 5.43. The van der Waals surface area contributed by atoms with Gasteiger partial charge >= 0.3 is 0 Å². The van der Waals surface area contributed by atoms with E-state index in [1.807, 2.05) is 0 Å². The van der Waals surface area contributed by atoms with Crippen molar-refractivity contribution in [3.05, 3.63) is 264 Å². The molecule has 0 radical (unpaired) electrons. The molecule has 1 aromatic heterocycles. The van der Waals surface area contributed by atoms with E-state index in [2.05, 4.69) is 249 Å². The molecule has 0 bridgehead atoms. The summed E-state index contributed by atoms with van der Waals surface area (Å²) in [6.45, 7) is 4.67. The molecule has 3 aliphatic carbocycles. The van der Waals surface area contributed by atoms with Crippen LogP contribution in [-0.4, -0.2) is 4.98 Å². The lowest BCUT2D eigenvalue weighted by atomic mass is 9.70. The van der Waals surface area contributed by atoms with Gasteiger partial charge in [0.15, 0.2) is 0 Å². The molecule has 2 heteroatoms. The second-order valence-electron chi connectivity index (χ2n) is 18.2. The molecule has 0 aliphatic heterocycles. The summed E-state index contributed by atoms with van der Waals surface area (Å²) >= 11 is 0. The molecule has 0 N–H and O–H groups in total. The molecule has 0 fully saturated rings. The Morgan fingerprint density at radius 2 is 0.846 bits per heavy atom. The van der Waals surface area contributed by atoms with Crippen molar-refractivity contribution >= 4 is 17.2 Å². The first-order valence-electron chi connectivity index (χ1n) is 22.7. The quantitative estimate of drug-likeness (QED) is 0.166. The number of hydrogen-bond donors (Lipinski definition) is 0. The molecule has 1 heterocycles. The third kappa shape index (κ3) is 5.38. The fraction of sp³-hybridized carbons (Fsp3) is 0.0635. The Balaban J connectivity index is 1.04. The fourth-order valence-corrected chi connectivity index (χ4v) is 11.7. The average molecular weight is 829 g/mol. The Morgan fingerprint density at radius 3 is 1.46 bits per heavy atom. The van der Waals surface area contributed by atoms with Gasteiger partial charge in [-0.05, 0) is 125 Å². The number of benzene rings is 9. The van der Waals surface area contributed by atoms with Crippen LogP contribution >= 0.6 is 0 Å². The van der Waals surface area contributed by atoms with Crippen molar-refractivity contribution in [2.75, 3.05) is 4.90 Å².